The van der Waals surface area contributed by atoms with Gasteiger partial charge in [0.25, 0.3) is 0 Å². The van der Waals surface area contributed by atoms with Crippen LogP contribution in [0, 0.1) is 5.82 Å². The standard InChI is InChI=1S/C18H15ClFN3O3S/c1-26-14-9-13(23-17(10-14)16-4-2-3-7-21-16)11-22-27(24,25)18-6-5-12(19)8-15(18)20/h2-10,22H,11H2,1H3. The zero-order chi connectivity index (χ0) is 19.4. The van der Waals surface area contributed by atoms with E-state index in [9.17, 15) is 12.8 Å². The summed E-state index contributed by atoms with van der Waals surface area (Å²) in [5, 5.41) is 0.112. The Morgan fingerprint density at radius 3 is 2.63 bits per heavy atom. The summed E-state index contributed by atoms with van der Waals surface area (Å²) in [6.07, 6.45) is 1.63. The molecule has 3 aromatic rings. The zero-order valence-electron chi connectivity index (χ0n) is 14.2. The van der Waals surface area contributed by atoms with Crippen LogP contribution < -0.4 is 9.46 Å². The Labute approximate surface area is 161 Å². The van der Waals surface area contributed by atoms with Gasteiger partial charge in [-0.15, -0.1) is 0 Å². The molecular weight excluding hydrogens is 393 g/mol. The number of sulfonamides is 1. The molecule has 3 rings (SSSR count). The fourth-order valence-electron chi connectivity index (χ4n) is 2.35. The second kappa shape index (κ2) is 7.99. The van der Waals surface area contributed by atoms with Gasteiger partial charge in [-0.05, 0) is 30.3 Å². The minimum atomic E-state index is -4.08. The number of pyridine rings is 2. The van der Waals surface area contributed by atoms with Crippen LogP contribution in [-0.2, 0) is 16.6 Å². The van der Waals surface area contributed by atoms with Crippen molar-refractivity contribution in [2.45, 2.75) is 11.4 Å². The molecule has 0 atom stereocenters. The van der Waals surface area contributed by atoms with Crippen LogP contribution in [-0.4, -0.2) is 25.5 Å². The summed E-state index contributed by atoms with van der Waals surface area (Å²) < 4.78 is 46.3. The van der Waals surface area contributed by atoms with Crippen LogP contribution in [0.25, 0.3) is 11.4 Å². The molecule has 1 N–H and O–H groups in total. The van der Waals surface area contributed by atoms with Gasteiger partial charge < -0.3 is 4.74 Å². The van der Waals surface area contributed by atoms with Crippen LogP contribution in [0.3, 0.4) is 0 Å². The number of benzene rings is 1. The molecule has 140 valence electrons. The van der Waals surface area contributed by atoms with Gasteiger partial charge in [-0.3, -0.25) is 4.98 Å². The number of aromatic nitrogens is 2. The van der Waals surface area contributed by atoms with E-state index in [1.165, 1.54) is 13.2 Å². The Morgan fingerprint density at radius 2 is 1.96 bits per heavy atom. The highest BCUT2D eigenvalue weighted by Crippen LogP contribution is 2.22. The fourth-order valence-corrected chi connectivity index (χ4v) is 3.57. The van der Waals surface area contributed by atoms with E-state index in [1.54, 1.807) is 30.5 Å². The summed E-state index contributed by atoms with van der Waals surface area (Å²) in [5.41, 5.74) is 1.54. The Hall–Kier alpha value is -2.55. The average Bonchev–Trinajstić information content (AvgIpc) is 2.66. The third-order valence-electron chi connectivity index (χ3n) is 3.64. The summed E-state index contributed by atoms with van der Waals surface area (Å²) in [6, 6.07) is 12.0. The molecule has 0 aliphatic heterocycles. The lowest BCUT2D eigenvalue weighted by atomic mass is 10.2. The van der Waals surface area contributed by atoms with Crippen molar-refractivity contribution >= 4 is 21.6 Å². The zero-order valence-corrected chi connectivity index (χ0v) is 15.8. The second-order valence-corrected chi connectivity index (χ2v) is 7.67. The number of rotatable bonds is 6. The number of methoxy groups -OCH3 is 1. The predicted molar refractivity (Wildman–Crippen MR) is 99.5 cm³/mol. The molecule has 0 bridgehead atoms. The molecule has 0 radical (unpaired) electrons. The van der Waals surface area contributed by atoms with Gasteiger partial charge in [0.1, 0.15) is 16.5 Å². The van der Waals surface area contributed by atoms with Crippen LogP contribution in [0.2, 0.25) is 5.02 Å². The Morgan fingerprint density at radius 1 is 1.15 bits per heavy atom. The number of nitrogens with zero attached hydrogens (tertiary/aromatic N) is 2. The van der Waals surface area contributed by atoms with E-state index in [0.29, 0.717) is 22.8 Å². The number of ether oxygens (including phenoxy) is 1. The first kappa shape index (κ1) is 19.2. The summed E-state index contributed by atoms with van der Waals surface area (Å²) >= 11 is 5.66. The van der Waals surface area contributed by atoms with Gasteiger partial charge in [0.2, 0.25) is 10.0 Å². The van der Waals surface area contributed by atoms with Crippen LogP contribution in [0.15, 0.2) is 59.6 Å². The van der Waals surface area contributed by atoms with Crippen LogP contribution in [0.4, 0.5) is 4.39 Å². The van der Waals surface area contributed by atoms with Gasteiger partial charge in [0, 0.05) is 23.4 Å². The monoisotopic (exact) mass is 407 g/mol. The maximum atomic E-state index is 13.9. The number of hydrogen-bond donors (Lipinski definition) is 1. The van der Waals surface area contributed by atoms with Gasteiger partial charge in [0.15, 0.2) is 0 Å². The normalized spacial score (nSPS) is 11.4. The third-order valence-corrected chi connectivity index (χ3v) is 5.31. The minimum Gasteiger partial charge on any atom is -0.497 e. The summed E-state index contributed by atoms with van der Waals surface area (Å²) in [6.45, 7) is -0.151. The van der Waals surface area contributed by atoms with E-state index in [1.807, 2.05) is 6.07 Å². The lowest BCUT2D eigenvalue weighted by molar-refractivity contribution is 0.413. The number of hydrogen-bond acceptors (Lipinski definition) is 5. The molecule has 2 aromatic heterocycles. The Bertz CT molecular complexity index is 1060. The van der Waals surface area contributed by atoms with Gasteiger partial charge in [-0.25, -0.2) is 22.5 Å². The van der Waals surface area contributed by atoms with Crippen molar-refractivity contribution in [2.75, 3.05) is 7.11 Å². The number of halogens is 2. The van der Waals surface area contributed by atoms with E-state index in [2.05, 4.69) is 14.7 Å². The van der Waals surface area contributed by atoms with Gasteiger partial charge in [0.05, 0.1) is 30.7 Å². The third kappa shape index (κ3) is 4.60. The summed E-state index contributed by atoms with van der Waals surface area (Å²) in [7, 11) is -2.59. The van der Waals surface area contributed by atoms with Gasteiger partial charge in [-0.1, -0.05) is 17.7 Å². The van der Waals surface area contributed by atoms with Crippen LogP contribution in [0.5, 0.6) is 5.75 Å². The van der Waals surface area contributed by atoms with Crippen molar-refractivity contribution in [2.24, 2.45) is 0 Å². The molecule has 2 heterocycles. The van der Waals surface area contributed by atoms with E-state index in [4.69, 9.17) is 16.3 Å². The first-order chi connectivity index (χ1) is 12.9. The molecule has 0 aliphatic carbocycles. The highest BCUT2D eigenvalue weighted by molar-refractivity contribution is 7.89. The molecule has 0 aliphatic rings. The van der Waals surface area contributed by atoms with Crippen LogP contribution >= 0.6 is 11.6 Å². The molecule has 0 saturated heterocycles. The molecule has 9 heteroatoms. The molecule has 0 fully saturated rings. The minimum absolute atomic E-state index is 0.112. The van der Waals surface area contributed by atoms with Crippen molar-refractivity contribution < 1.29 is 17.5 Å². The molecule has 1 aromatic carbocycles. The van der Waals surface area contributed by atoms with Gasteiger partial charge >= 0.3 is 0 Å². The molecular formula is C18H15ClFN3O3S. The van der Waals surface area contributed by atoms with E-state index < -0.39 is 20.7 Å². The number of nitrogens with one attached hydrogen (secondary N) is 1. The van der Waals surface area contributed by atoms with Crippen molar-refractivity contribution in [3.8, 4) is 17.1 Å². The SMILES string of the molecule is COc1cc(CNS(=O)(=O)c2ccc(Cl)cc2F)nc(-c2ccccn2)c1. The summed E-state index contributed by atoms with van der Waals surface area (Å²) in [4.78, 5) is 8.14. The molecule has 0 saturated carbocycles. The lowest BCUT2D eigenvalue weighted by Gasteiger charge is -2.10. The van der Waals surface area contributed by atoms with E-state index >= 15 is 0 Å². The molecule has 0 unspecified atom stereocenters. The largest absolute Gasteiger partial charge is 0.497 e. The quantitative estimate of drug-likeness (QED) is 0.677. The molecule has 0 amide bonds. The van der Waals surface area contributed by atoms with Crippen molar-refractivity contribution in [1.82, 2.24) is 14.7 Å². The van der Waals surface area contributed by atoms with Crippen molar-refractivity contribution in [1.29, 1.82) is 0 Å². The first-order valence-corrected chi connectivity index (χ1v) is 9.66. The van der Waals surface area contributed by atoms with Crippen LogP contribution in [0.1, 0.15) is 5.69 Å². The van der Waals surface area contributed by atoms with Crippen molar-refractivity contribution in [3.63, 3.8) is 0 Å². The topological polar surface area (TPSA) is 81.2 Å². The summed E-state index contributed by atoms with van der Waals surface area (Å²) in [5.74, 6) is -0.430. The smallest absolute Gasteiger partial charge is 0.243 e. The van der Waals surface area contributed by atoms with Crippen molar-refractivity contribution in [3.05, 3.63) is 71.3 Å². The second-order valence-electron chi connectivity index (χ2n) is 5.50. The molecule has 27 heavy (non-hydrogen) atoms. The van der Waals surface area contributed by atoms with E-state index in [0.717, 1.165) is 12.1 Å². The lowest BCUT2D eigenvalue weighted by Crippen LogP contribution is -2.24. The first-order valence-electron chi connectivity index (χ1n) is 7.80. The molecule has 0 spiro atoms. The highest BCUT2D eigenvalue weighted by Gasteiger charge is 2.19. The Balaban J connectivity index is 1.87. The van der Waals surface area contributed by atoms with E-state index in [-0.39, 0.29) is 11.6 Å². The molecule has 6 nitrogen and oxygen atoms in total. The van der Waals surface area contributed by atoms with Gasteiger partial charge in [-0.2, -0.15) is 0 Å². The Kier molecular flexibility index (Phi) is 5.69. The maximum absolute atomic E-state index is 13.9. The maximum Gasteiger partial charge on any atom is 0.243 e. The highest BCUT2D eigenvalue weighted by atomic mass is 35.5. The predicted octanol–water partition coefficient (Wildman–Crippen LogP) is 3.42. The average molecular weight is 408 g/mol. The fraction of sp³-hybridized carbons (Fsp3) is 0.111.